The molecule has 0 saturated carbocycles. The molecular formula is C6H13N. The number of rotatable bonds is 0. The van der Waals surface area contributed by atoms with Gasteiger partial charge in [-0.1, -0.05) is 0 Å². The van der Waals surface area contributed by atoms with Crippen molar-refractivity contribution in [2.24, 2.45) is 0 Å². The Morgan fingerprint density at radius 1 is 1.71 bits per heavy atom. The Bertz CT molecular complexity index is 97.1. The van der Waals surface area contributed by atoms with E-state index in [1.807, 2.05) is 6.92 Å². The highest BCUT2D eigenvalue weighted by Crippen LogP contribution is 2.09. The summed E-state index contributed by atoms with van der Waals surface area (Å²) >= 11 is 0. The molecule has 0 amide bonds. The van der Waals surface area contributed by atoms with Gasteiger partial charge in [0.15, 0.2) is 0 Å². The maximum Gasteiger partial charge on any atom is 0.123 e. The van der Waals surface area contributed by atoms with Gasteiger partial charge in [-0.25, -0.2) is 0 Å². The van der Waals surface area contributed by atoms with E-state index in [-0.39, 0.29) is 6.04 Å². The fourth-order valence-corrected chi connectivity index (χ4v) is 0.943. The predicted octanol–water partition coefficient (Wildman–Crippen LogP) is 1.15. The molecule has 1 heterocycles. The van der Waals surface area contributed by atoms with Gasteiger partial charge >= 0.3 is 0 Å². The highest BCUT2D eigenvalue weighted by Gasteiger charge is 2.14. The van der Waals surface area contributed by atoms with Gasteiger partial charge in [-0.05, 0) is 26.7 Å². The van der Waals surface area contributed by atoms with E-state index in [0.717, 1.165) is 12.8 Å². The maximum atomic E-state index is 7.41. The molecule has 1 N–H and O–H groups in total. The van der Waals surface area contributed by atoms with E-state index in [1.54, 1.807) is 5.31 Å². The molecule has 0 aromatic carbocycles. The molecule has 1 saturated heterocycles. The monoisotopic (exact) mass is 101 g/mol. The molecule has 1 aliphatic heterocycles. The highest BCUT2D eigenvalue weighted by molar-refractivity contribution is 4.76. The molecule has 2 atom stereocenters. The Morgan fingerprint density at radius 2 is 2.43 bits per heavy atom. The third-order valence-corrected chi connectivity index (χ3v) is 1.38. The van der Waals surface area contributed by atoms with Crippen LogP contribution < -0.4 is 5.31 Å². The van der Waals surface area contributed by atoms with Crippen LogP contribution in [0.4, 0.5) is 0 Å². The van der Waals surface area contributed by atoms with E-state index in [4.69, 9.17) is 2.78 Å². The van der Waals surface area contributed by atoms with Gasteiger partial charge in [0.25, 0.3) is 0 Å². The Hall–Kier alpha value is -0.0400. The predicted molar refractivity (Wildman–Crippen MR) is 31.3 cm³/mol. The summed E-state index contributed by atoms with van der Waals surface area (Å²) < 4.78 is 14.5. The van der Waals surface area contributed by atoms with Gasteiger partial charge in [0.2, 0.25) is 0 Å². The second kappa shape index (κ2) is 1.83. The van der Waals surface area contributed by atoms with Gasteiger partial charge in [-0.15, -0.1) is 0 Å². The van der Waals surface area contributed by atoms with Crippen molar-refractivity contribution in [1.82, 2.24) is 5.31 Å². The van der Waals surface area contributed by atoms with Crippen molar-refractivity contribution >= 4 is 0 Å². The summed E-state index contributed by atoms with van der Waals surface area (Å²) in [5, 5.41) is 1.56. The van der Waals surface area contributed by atoms with Crippen LogP contribution in [-0.2, 0) is 0 Å². The summed E-state index contributed by atoms with van der Waals surface area (Å²) in [6, 6.07) is 0.584. The second-order valence-corrected chi connectivity index (χ2v) is 2.23. The summed E-state index contributed by atoms with van der Waals surface area (Å²) in [5.41, 5.74) is 0. The van der Waals surface area contributed by atoms with Gasteiger partial charge in [-0.3, -0.25) is 0 Å². The van der Waals surface area contributed by atoms with Crippen LogP contribution in [0.15, 0.2) is 0 Å². The summed E-state index contributed by atoms with van der Waals surface area (Å²) in [6.45, 7) is 2.43. The van der Waals surface area contributed by atoms with Crippen LogP contribution in [0.1, 0.15) is 28.0 Å². The lowest BCUT2D eigenvalue weighted by Crippen LogP contribution is -2.23. The molecular weight excluding hydrogens is 86.1 g/mol. The van der Waals surface area contributed by atoms with Gasteiger partial charge < -0.3 is 5.31 Å². The topological polar surface area (TPSA) is 12.0 Å². The zero-order valence-corrected chi connectivity index (χ0v) is 4.72. The first-order chi connectivity index (χ1) is 4.25. The molecule has 0 aliphatic carbocycles. The summed E-state index contributed by atoms with van der Waals surface area (Å²) in [7, 11) is 0. The van der Waals surface area contributed by atoms with Gasteiger partial charge in [-0.2, -0.15) is 0 Å². The van der Waals surface area contributed by atoms with Crippen molar-refractivity contribution in [1.29, 1.82) is 0 Å². The minimum atomic E-state index is 0.208. The molecule has 1 aliphatic rings. The zero-order valence-electron chi connectivity index (χ0n) is 6.72. The Balaban J connectivity index is 2.41. The normalized spacial score (nSPS) is 48.7. The van der Waals surface area contributed by atoms with Crippen LogP contribution in [0.2, 0.25) is 1.41 Å². The van der Waals surface area contributed by atoms with Gasteiger partial charge in [0.05, 0.1) is 0 Å². The van der Waals surface area contributed by atoms with Crippen LogP contribution in [0.25, 0.3) is 0 Å². The third-order valence-electron chi connectivity index (χ3n) is 1.38. The quantitative estimate of drug-likeness (QED) is 0.482. The average molecular weight is 101 g/mol. The van der Waals surface area contributed by atoms with E-state index >= 15 is 0 Å². The molecule has 1 fully saturated rings. The van der Waals surface area contributed by atoms with Crippen molar-refractivity contribution in [3.8, 4) is 0 Å². The number of hydrogen-bond acceptors (Lipinski definition) is 1. The molecule has 0 aromatic rings. The second-order valence-electron chi connectivity index (χ2n) is 2.23. The van der Waals surface area contributed by atoms with Gasteiger partial charge in [0, 0.05) is 13.5 Å². The highest BCUT2D eigenvalue weighted by atomic mass is 15.0. The summed E-state index contributed by atoms with van der Waals surface area (Å²) in [4.78, 5) is 0. The van der Waals surface area contributed by atoms with Crippen LogP contribution in [-0.4, -0.2) is 12.1 Å². The molecule has 1 rings (SSSR count). The lowest BCUT2D eigenvalue weighted by Gasteiger charge is -2.01. The number of hydrogen-bond donors (Lipinski definition) is 1. The molecule has 1 nitrogen and oxygen atoms in total. The standard InChI is InChI=1S/C6H13N/c1-5-3-4-6(2)7-5/h5-7H,3-4H2,1-2H3/t5-,6-/m1/s1/i1D/hD. The molecule has 7 heavy (non-hydrogen) atoms. The third kappa shape index (κ3) is 1.16. The summed E-state index contributed by atoms with van der Waals surface area (Å²) in [5.74, 6) is 0. The van der Waals surface area contributed by atoms with E-state index < -0.39 is 0 Å². The number of nitrogens with one attached hydrogen (secondary N) is 1. The Labute approximate surface area is 48.0 Å². The van der Waals surface area contributed by atoms with E-state index in [2.05, 4.69) is 0 Å². The van der Waals surface area contributed by atoms with Crippen LogP contribution in [0.3, 0.4) is 0 Å². The lowest BCUT2D eigenvalue weighted by atomic mass is 10.2. The van der Waals surface area contributed by atoms with Crippen LogP contribution >= 0.6 is 0 Å². The Kier molecular flexibility index (Phi) is 0.803. The van der Waals surface area contributed by atoms with E-state index in [9.17, 15) is 0 Å². The van der Waals surface area contributed by atoms with E-state index in [1.165, 1.54) is 0 Å². The minimum absolute atomic E-state index is 0.208. The lowest BCUT2D eigenvalue weighted by molar-refractivity contribution is 0.596. The molecule has 1 heteroatoms. The van der Waals surface area contributed by atoms with Crippen molar-refractivity contribution < 1.29 is 2.78 Å². The molecule has 0 bridgehead atoms. The van der Waals surface area contributed by atoms with Crippen LogP contribution in [0, 0.1) is 0 Å². The van der Waals surface area contributed by atoms with Crippen LogP contribution in [0.5, 0.6) is 0 Å². The van der Waals surface area contributed by atoms with Crippen molar-refractivity contribution in [2.75, 3.05) is 0 Å². The van der Waals surface area contributed by atoms with Crippen molar-refractivity contribution in [2.45, 2.75) is 38.7 Å². The first-order valence-electron chi connectivity index (χ1n) is 3.97. The molecule has 42 valence electrons. The first kappa shape index (κ1) is 3.08. The fraction of sp³-hybridized carbons (Fsp3) is 1.00. The van der Waals surface area contributed by atoms with E-state index in [0.29, 0.717) is 12.9 Å². The van der Waals surface area contributed by atoms with Crippen molar-refractivity contribution in [3.05, 3.63) is 0 Å². The first-order valence-corrected chi connectivity index (χ1v) is 2.82. The maximum absolute atomic E-state index is 7.41. The van der Waals surface area contributed by atoms with Gasteiger partial charge in [0.1, 0.15) is 1.41 Å². The SMILES string of the molecule is [2H]C[C@@H]1CC[C@@H](C)N1[2H]. The minimum Gasteiger partial charge on any atom is -0.312 e. The largest absolute Gasteiger partial charge is 0.312 e. The van der Waals surface area contributed by atoms with Crippen molar-refractivity contribution in [3.63, 3.8) is 0 Å². The zero-order chi connectivity index (χ0) is 6.85. The Morgan fingerprint density at radius 3 is 2.71 bits per heavy atom. The molecule has 0 spiro atoms. The molecule has 0 aromatic heterocycles. The summed E-state index contributed by atoms with van der Waals surface area (Å²) in [6.07, 6.45) is 2.13. The smallest absolute Gasteiger partial charge is 0.123 e. The average Bonchev–Trinajstić information content (AvgIpc) is 2.15. The molecule has 0 unspecified atom stereocenters. The molecule has 0 radical (unpaired) electrons. The fourth-order valence-electron chi connectivity index (χ4n) is 0.943.